The summed E-state index contributed by atoms with van der Waals surface area (Å²) < 4.78 is 7.19. The van der Waals surface area contributed by atoms with Gasteiger partial charge < -0.3 is 4.74 Å². The van der Waals surface area contributed by atoms with Crippen LogP contribution in [0.1, 0.15) is 25.8 Å². The van der Waals surface area contributed by atoms with E-state index in [4.69, 9.17) is 15.6 Å². The van der Waals surface area contributed by atoms with Gasteiger partial charge in [-0.25, -0.2) is 4.98 Å². The molecule has 0 bridgehead atoms. The number of thiazole rings is 1. The summed E-state index contributed by atoms with van der Waals surface area (Å²) in [6.07, 6.45) is 1.37. The molecule has 1 fully saturated rings. The quantitative estimate of drug-likeness (QED) is 0.673. The first-order chi connectivity index (χ1) is 10.1. The lowest BCUT2D eigenvalue weighted by Crippen LogP contribution is -2.46. The van der Waals surface area contributed by atoms with Crippen molar-refractivity contribution < 1.29 is 4.74 Å². The van der Waals surface area contributed by atoms with Gasteiger partial charge in [0, 0.05) is 18.4 Å². The molecule has 5 atom stereocenters. The summed E-state index contributed by atoms with van der Waals surface area (Å²) in [7, 11) is 0. The Morgan fingerprint density at radius 3 is 2.67 bits per heavy atom. The largest absolute Gasteiger partial charge is 0.375 e. The number of hydrogen-bond donors (Lipinski definition) is 2. The molecule has 2 aromatic rings. The Morgan fingerprint density at radius 1 is 1.29 bits per heavy atom. The zero-order valence-corrected chi connectivity index (χ0v) is 13.6. The van der Waals surface area contributed by atoms with Gasteiger partial charge in [0.2, 0.25) is 0 Å². The first kappa shape index (κ1) is 14.9. The van der Waals surface area contributed by atoms with Gasteiger partial charge in [-0.05, 0) is 31.9 Å². The highest BCUT2D eigenvalue weighted by atomic mass is 32.1. The Hall–Kier alpha value is -1.01. The van der Waals surface area contributed by atoms with Crippen LogP contribution in [-0.4, -0.2) is 23.2 Å². The number of benzene rings is 1. The van der Waals surface area contributed by atoms with E-state index in [1.807, 2.05) is 6.07 Å². The molecule has 3 N–H and O–H groups in total. The molecule has 0 radical (unpaired) electrons. The number of rotatable bonds is 4. The second-order valence-electron chi connectivity index (χ2n) is 6.04. The van der Waals surface area contributed by atoms with Crippen molar-refractivity contribution in [3.05, 3.63) is 29.3 Å². The number of aromatic nitrogens is 1. The maximum absolute atomic E-state index is 5.95. The minimum atomic E-state index is 0.195. The lowest BCUT2D eigenvalue weighted by Gasteiger charge is -2.27. The van der Waals surface area contributed by atoms with E-state index in [1.54, 1.807) is 11.3 Å². The number of para-hydroxylation sites is 1. The molecular weight excluding hydrogens is 282 g/mol. The zero-order chi connectivity index (χ0) is 15.0. The lowest BCUT2D eigenvalue weighted by atomic mass is 9.82. The first-order valence-corrected chi connectivity index (χ1v) is 8.38. The Bertz CT molecular complexity index is 581. The second-order valence-corrected chi connectivity index (χ2v) is 7.15. The van der Waals surface area contributed by atoms with Crippen LogP contribution in [0.15, 0.2) is 24.3 Å². The van der Waals surface area contributed by atoms with Gasteiger partial charge in [-0.2, -0.15) is 0 Å². The summed E-state index contributed by atoms with van der Waals surface area (Å²) in [5, 5.41) is 1.14. The van der Waals surface area contributed by atoms with Gasteiger partial charge in [0.05, 0.1) is 27.4 Å². The van der Waals surface area contributed by atoms with E-state index in [9.17, 15) is 0 Å². The number of hydrogen-bond acceptors (Lipinski definition) is 5. The molecule has 5 heteroatoms. The Kier molecular flexibility index (Phi) is 4.26. The standard InChI is InChI=1S/C16H23N3OS/c1-9-10(2)20-11(3)16(9)13(19-17)8-15-18-12-6-4-5-7-14(12)21-15/h4-7,9-11,13,16,19H,8,17H2,1-3H3. The SMILES string of the molecule is CC1OC(C)C(C(Cc2nc3ccccc3s2)NN)C1C. The van der Waals surface area contributed by atoms with E-state index in [-0.39, 0.29) is 18.2 Å². The monoisotopic (exact) mass is 305 g/mol. The van der Waals surface area contributed by atoms with Gasteiger partial charge in [0.1, 0.15) is 0 Å². The van der Waals surface area contributed by atoms with Crippen LogP contribution in [0, 0.1) is 11.8 Å². The van der Waals surface area contributed by atoms with Crippen LogP contribution < -0.4 is 11.3 Å². The van der Waals surface area contributed by atoms with Crippen molar-refractivity contribution in [3.63, 3.8) is 0 Å². The lowest BCUT2D eigenvalue weighted by molar-refractivity contribution is 0.0476. The van der Waals surface area contributed by atoms with Crippen molar-refractivity contribution in [2.24, 2.45) is 17.7 Å². The number of nitrogens with one attached hydrogen (secondary N) is 1. The van der Waals surface area contributed by atoms with Crippen LogP contribution in [0.25, 0.3) is 10.2 Å². The molecule has 1 aromatic carbocycles. The summed E-state index contributed by atoms with van der Waals surface area (Å²) in [5.74, 6) is 6.75. The van der Waals surface area contributed by atoms with Crippen molar-refractivity contribution in [1.29, 1.82) is 0 Å². The van der Waals surface area contributed by atoms with Gasteiger partial charge in [0.25, 0.3) is 0 Å². The highest BCUT2D eigenvalue weighted by Crippen LogP contribution is 2.36. The molecule has 1 aromatic heterocycles. The van der Waals surface area contributed by atoms with Gasteiger partial charge in [0.15, 0.2) is 0 Å². The summed E-state index contributed by atoms with van der Waals surface area (Å²) in [4.78, 5) is 4.72. The summed E-state index contributed by atoms with van der Waals surface area (Å²) in [5.41, 5.74) is 4.08. The Labute approximate surface area is 129 Å². The predicted molar refractivity (Wildman–Crippen MR) is 87.1 cm³/mol. The van der Waals surface area contributed by atoms with E-state index >= 15 is 0 Å². The van der Waals surface area contributed by atoms with E-state index in [1.165, 1.54) is 4.70 Å². The number of fused-ring (bicyclic) bond motifs is 1. The molecule has 0 amide bonds. The maximum atomic E-state index is 5.95. The Morgan fingerprint density at radius 2 is 2.05 bits per heavy atom. The van der Waals surface area contributed by atoms with Crippen LogP contribution in [0.5, 0.6) is 0 Å². The van der Waals surface area contributed by atoms with Crippen molar-refractivity contribution >= 4 is 21.6 Å². The number of ether oxygens (including phenoxy) is 1. The highest BCUT2D eigenvalue weighted by Gasteiger charge is 2.41. The van der Waals surface area contributed by atoms with Crippen LogP contribution >= 0.6 is 11.3 Å². The molecular formula is C16H23N3OS. The average Bonchev–Trinajstić information content (AvgIpc) is 2.98. The van der Waals surface area contributed by atoms with Gasteiger partial charge in [-0.15, -0.1) is 11.3 Å². The molecule has 4 nitrogen and oxygen atoms in total. The second kappa shape index (κ2) is 6.01. The molecule has 21 heavy (non-hydrogen) atoms. The normalized spacial score (nSPS) is 30.9. The molecule has 0 aliphatic carbocycles. The minimum absolute atomic E-state index is 0.195. The summed E-state index contributed by atoms with van der Waals surface area (Å²) >= 11 is 1.76. The van der Waals surface area contributed by atoms with E-state index in [0.717, 1.165) is 16.9 Å². The fourth-order valence-electron chi connectivity index (χ4n) is 3.49. The molecule has 1 aliphatic heterocycles. The smallest absolute Gasteiger partial charge is 0.0954 e. The molecule has 1 saturated heterocycles. The molecule has 5 unspecified atom stereocenters. The number of nitrogens with two attached hydrogens (primary N) is 1. The van der Waals surface area contributed by atoms with E-state index in [2.05, 4.69) is 44.4 Å². The molecule has 1 aliphatic rings. The summed E-state index contributed by atoms with van der Waals surface area (Å²) in [6.45, 7) is 6.54. The first-order valence-electron chi connectivity index (χ1n) is 7.56. The molecule has 114 valence electrons. The molecule has 3 rings (SSSR count). The maximum Gasteiger partial charge on any atom is 0.0954 e. The van der Waals surface area contributed by atoms with Crippen LogP contribution in [0.2, 0.25) is 0 Å². The average molecular weight is 305 g/mol. The van der Waals surface area contributed by atoms with E-state index < -0.39 is 0 Å². The molecule has 0 saturated carbocycles. The summed E-state index contributed by atoms with van der Waals surface area (Å²) in [6, 6.07) is 8.46. The fourth-order valence-corrected chi connectivity index (χ4v) is 4.51. The molecule has 0 spiro atoms. The van der Waals surface area contributed by atoms with Crippen LogP contribution in [-0.2, 0) is 11.2 Å². The van der Waals surface area contributed by atoms with E-state index in [0.29, 0.717) is 11.8 Å². The highest BCUT2D eigenvalue weighted by molar-refractivity contribution is 7.18. The van der Waals surface area contributed by atoms with Crippen molar-refractivity contribution in [2.75, 3.05) is 0 Å². The van der Waals surface area contributed by atoms with Gasteiger partial charge in [-0.1, -0.05) is 19.1 Å². The third-order valence-corrected chi connectivity index (χ3v) is 5.79. The van der Waals surface area contributed by atoms with Gasteiger partial charge >= 0.3 is 0 Å². The minimum Gasteiger partial charge on any atom is -0.375 e. The van der Waals surface area contributed by atoms with Crippen LogP contribution in [0.3, 0.4) is 0 Å². The number of hydrazine groups is 1. The fraction of sp³-hybridized carbons (Fsp3) is 0.562. The van der Waals surface area contributed by atoms with Crippen molar-refractivity contribution in [3.8, 4) is 0 Å². The Balaban J connectivity index is 1.80. The van der Waals surface area contributed by atoms with Crippen molar-refractivity contribution in [1.82, 2.24) is 10.4 Å². The van der Waals surface area contributed by atoms with Crippen molar-refractivity contribution in [2.45, 2.75) is 45.4 Å². The third-order valence-electron chi connectivity index (χ3n) is 4.73. The van der Waals surface area contributed by atoms with Gasteiger partial charge in [-0.3, -0.25) is 11.3 Å². The zero-order valence-electron chi connectivity index (χ0n) is 12.7. The third kappa shape index (κ3) is 2.83. The molecule has 2 heterocycles. The number of nitrogens with zero attached hydrogens (tertiary/aromatic N) is 1. The topological polar surface area (TPSA) is 60.2 Å². The predicted octanol–water partition coefficient (Wildman–Crippen LogP) is 2.73. The van der Waals surface area contributed by atoms with Crippen LogP contribution in [0.4, 0.5) is 0 Å².